The highest BCUT2D eigenvalue weighted by molar-refractivity contribution is 6.00. The van der Waals surface area contributed by atoms with Gasteiger partial charge in [-0.3, -0.25) is 9.88 Å². The number of aromatic nitrogens is 3. The van der Waals surface area contributed by atoms with E-state index in [1.165, 1.54) is 32.1 Å². The number of piperidine rings is 1. The minimum atomic E-state index is -0.474. The highest BCUT2D eigenvalue weighted by Crippen LogP contribution is 2.42. The molecule has 212 valence electrons. The monoisotopic (exact) mass is 553 g/mol. The second-order valence-corrected chi connectivity index (χ2v) is 12.6. The van der Waals surface area contributed by atoms with Gasteiger partial charge < -0.3 is 14.7 Å². The fourth-order valence-corrected chi connectivity index (χ4v) is 8.30. The maximum Gasteiger partial charge on any atom is 0.319 e. The van der Waals surface area contributed by atoms with Gasteiger partial charge in [0, 0.05) is 24.8 Å². The van der Waals surface area contributed by atoms with Gasteiger partial charge in [-0.05, 0) is 86.2 Å². The second-order valence-electron chi connectivity index (χ2n) is 12.6. The molecule has 8 heteroatoms. The maximum absolute atomic E-state index is 16.7. The number of hydrogen-bond acceptors (Lipinski definition) is 7. The van der Waals surface area contributed by atoms with Crippen molar-refractivity contribution in [2.75, 3.05) is 37.7 Å². The molecule has 4 aliphatic rings. The molecule has 7 nitrogen and oxygen atoms in total. The van der Waals surface area contributed by atoms with Gasteiger partial charge in [-0.1, -0.05) is 36.4 Å². The van der Waals surface area contributed by atoms with Crippen LogP contribution in [0.15, 0.2) is 42.6 Å². The summed E-state index contributed by atoms with van der Waals surface area (Å²) in [5, 5.41) is 12.4. The zero-order valence-electron chi connectivity index (χ0n) is 23.4. The molecule has 0 spiro atoms. The van der Waals surface area contributed by atoms with E-state index in [0.717, 1.165) is 61.2 Å². The molecule has 2 bridgehead atoms. The van der Waals surface area contributed by atoms with Gasteiger partial charge in [-0.15, -0.1) is 0 Å². The third-order valence-electron chi connectivity index (χ3n) is 10.2. The number of halogens is 1. The highest BCUT2D eigenvalue weighted by atomic mass is 19.1. The Balaban J connectivity index is 1.26. The summed E-state index contributed by atoms with van der Waals surface area (Å²) in [6, 6.07) is 11.8. The van der Waals surface area contributed by atoms with Crippen LogP contribution in [0, 0.1) is 17.7 Å². The smallest absolute Gasteiger partial charge is 0.319 e. The number of anilines is 1. The van der Waals surface area contributed by atoms with Gasteiger partial charge in [0.05, 0.1) is 17.5 Å². The molecule has 1 N–H and O–H groups in total. The molecule has 1 aliphatic carbocycles. The van der Waals surface area contributed by atoms with Gasteiger partial charge in [0.25, 0.3) is 0 Å². The Morgan fingerprint density at radius 1 is 1.00 bits per heavy atom. The van der Waals surface area contributed by atoms with E-state index < -0.39 is 5.82 Å². The van der Waals surface area contributed by atoms with E-state index in [-0.39, 0.29) is 29.4 Å². The zero-order valence-corrected chi connectivity index (χ0v) is 23.4. The van der Waals surface area contributed by atoms with Gasteiger partial charge in [0.2, 0.25) is 0 Å². The number of aliphatic hydroxyl groups is 1. The molecule has 0 radical (unpaired) electrons. The number of aliphatic hydroxyl groups excluding tert-OH is 1. The number of fused-ring (bicyclic) bond motifs is 5. The van der Waals surface area contributed by atoms with Crippen LogP contribution in [-0.4, -0.2) is 63.3 Å². The van der Waals surface area contributed by atoms with E-state index >= 15 is 4.39 Å². The number of pyridine rings is 1. The van der Waals surface area contributed by atoms with Crippen LogP contribution in [0.5, 0.6) is 6.01 Å². The standard InChI is InChI=1S/C33H36FN5O2/c34-28-29(25-8-2-6-23-5-1-7-24(19-40)27(23)25)35-16-26-30(28)36-32(41-20-33-11-3-13-39(33)14-4-12-33)37-31(26)38-17-21-9-10-22(15-21)18-38/h1-2,5-8,16,21-22,40H,3-4,9-15,17-20H2. The predicted octanol–water partition coefficient (Wildman–Crippen LogP) is 5.72. The lowest BCUT2D eigenvalue weighted by Gasteiger charge is -2.34. The van der Waals surface area contributed by atoms with Gasteiger partial charge in [0.15, 0.2) is 5.82 Å². The van der Waals surface area contributed by atoms with E-state index in [1.807, 2.05) is 36.4 Å². The molecule has 8 rings (SSSR count). The van der Waals surface area contributed by atoms with Crippen molar-refractivity contribution in [3.05, 3.63) is 54.0 Å². The lowest BCUT2D eigenvalue weighted by molar-refractivity contribution is 0.108. The molecule has 1 saturated carbocycles. The van der Waals surface area contributed by atoms with E-state index in [4.69, 9.17) is 14.7 Å². The van der Waals surface area contributed by atoms with Crippen LogP contribution in [0.4, 0.5) is 10.2 Å². The van der Waals surface area contributed by atoms with Crippen molar-refractivity contribution < 1.29 is 14.2 Å². The van der Waals surface area contributed by atoms with Gasteiger partial charge in [-0.25, -0.2) is 4.39 Å². The number of hydrogen-bond donors (Lipinski definition) is 1. The third kappa shape index (κ3) is 4.17. The van der Waals surface area contributed by atoms with E-state index in [0.29, 0.717) is 29.4 Å². The van der Waals surface area contributed by atoms with Crippen molar-refractivity contribution >= 4 is 27.5 Å². The van der Waals surface area contributed by atoms with Crippen LogP contribution < -0.4 is 9.64 Å². The molecule has 5 heterocycles. The number of ether oxygens (including phenoxy) is 1. The molecule has 4 aromatic rings. The summed E-state index contributed by atoms with van der Waals surface area (Å²) >= 11 is 0. The Kier molecular flexibility index (Phi) is 6.11. The normalized spacial score (nSPS) is 23.5. The maximum atomic E-state index is 16.7. The Morgan fingerprint density at radius 3 is 2.51 bits per heavy atom. The molecule has 41 heavy (non-hydrogen) atoms. The first-order valence-electron chi connectivity index (χ1n) is 15.2. The largest absolute Gasteiger partial charge is 0.461 e. The minimum absolute atomic E-state index is 0.0499. The molecule has 0 amide bonds. The van der Waals surface area contributed by atoms with Crippen LogP contribution in [0.1, 0.15) is 50.5 Å². The first-order chi connectivity index (χ1) is 20.1. The second kappa shape index (κ2) is 9.88. The van der Waals surface area contributed by atoms with Crippen LogP contribution in [0.2, 0.25) is 0 Å². The molecule has 2 atom stereocenters. The van der Waals surface area contributed by atoms with Crippen molar-refractivity contribution in [3.8, 4) is 17.3 Å². The summed E-state index contributed by atoms with van der Waals surface area (Å²) in [6.07, 6.45) is 10.1. The average Bonchev–Trinajstić information content (AvgIpc) is 3.69. The van der Waals surface area contributed by atoms with Crippen molar-refractivity contribution in [1.82, 2.24) is 19.9 Å². The number of nitrogens with zero attached hydrogens (tertiary/aromatic N) is 5. The number of benzene rings is 2. The molecule has 2 aromatic carbocycles. The van der Waals surface area contributed by atoms with Crippen LogP contribution >= 0.6 is 0 Å². The van der Waals surface area contributed by atoms with Crippen molar-refractivity contribution in [1.29, 1.82) is 0 Å². The summed E-state index contributed by atoms with van der Waals surface area (Å²) in [4.78, 5) is 19.2. The molecule has 3 saturated heterocycles. The third-order valence-corrected chi connectivity index (χ3v) is 10.2. The predicted molar refractivity (Wildman–Crippen MR) is 157 cm³/mol. The van der Waals surface area contributed by atoms with Crippen LogP contribution in [0.25, 0.3) is 32.9 Å². The Morgan fingerprint density at radius 2 is 1.76 bits per heavy atom. The van der Waals surface area contributed by atoms with E-state index in [2.05, 4.69) is 14.8 Å². The summed E-state index contributed by atoms with van der Waals surface area (Å²) < 4.78 is 23.1. The molecule has 2 unspecified atom stereocenters. The highest BCUT2D eigenvalue weighted by Gasteiger charge is 2.45. The summed E-state index contributed by atoms with van der Waals surface area (Å²) in [7, 11) is 0. The van der Waals surface area contributed by atoms with Crippen LogP contribution in [0.3, 0.4) is 0 Å². The quantitative estimate of drug-likeness (QED) is 0.327. The zero-order chi connectivity index (χ0) is 27.6. The fourth-order valence-electron chi connectivity index (χ4n) is 8.30. The molecule has 3 aliphatic heterocycles. The first kappa shape index (κ1) is 25.4. The summed E-state index contributed by atoms with van der Waals surface area (Å²) in [5.74, 6) is 1.56. The average molecular weight is 554 g/mol. The Hall–Kier alpha value is -3.36. The van der Waals surface area contributed by atoms with Crippen molar-refractivity contribution in [2.24, 2.45) is 11.8 Å². The SMILES string of the molecule is OCc1cccc2cccc(-c3ncc4c(N5CC6CCC(C6)C5)nc(OCC56CCCN5CCC6)nc4c3F)c12. The fraction of sp³-hybridized carbons (Fsp3) is 0.485. The van der Waals surface area contributed by atoms with E-state index in [1.54, 1.807) is 6.20 Å². The van der Waals surface area contributed by atoms with Gasteiger partial charge in [-0.2, -0.15) is 9.97 Å². The molecule has 2 aromatic heterocycles. The minimum Gasteiger partial charge on any atom is -0.461 e. The Labute approximate surface area is 239 Å². The van der Waals surface area contributed by atoms with Crippen molar-refractivity contribution in [2.45, 2.75) is 57.1 Å². The topological polar surface area (TPSA) is 74.6 Å². The molecular formula is C33H36FN5O2. The van der Waals surface area contributed by atoms with Crippen molar-refractivity contribution in [3.63, 3.8) is 0 Å². The van der Waals surface area contributed by atoms with E-state index in [9.17, 15) is 5.11 Å². The lowest BCUT2D eigenvalue weighted by atomic mass is 9.95. The van der Waals surface area contributed by atoms with Crippen LogP contribution in [-0.2, 0) is 6.61 Å². The van der Waals surface area contributed by atoms with Gasteiger partial charge in [0.1, 0.15) is 23.6 Å². The summed E-state index contributed by atoms with van der Waals surface area (Å²) in [5.41, 5.74) is 1.92. The Bertz CT molecular complexity index is 1620. The molecular weight excluding hydrogens is 517 g/mol. The molecule has 4 fully saturated rings. The first-order valence-corrected chi connectivity index (χ1v) is 15.2. The van der Waals surface area contributed by atoms with Gasteiger partial charge >= 0.3 is 6.01 Å². The lowest BCUT2D eigenvalue weighted by Crippen LogP contribution is -2.43. The summed E-state index contributed by atoms with van der Waals surface area (Å²) in [6.45, 7) is 4.48. The number of rotatable bonds is 6.